The van der Waals surface area contributed by atoms with Gasteiger partial charge in [0.2, 0.25) is 0 Å². The van der Waals surface area contributed by atoms with Gasteiger partial charge in [-0.2, -0.15) is 0 Å². The molecule has 4 heterocycles. The van der Waals surface area contributed by atoms with Crippen molar-refractivity contribution in [3.63, 3.8) is 0 Å². The zero-order valence-electron chi connectivity index (χ0n) is 44.6. The van der Waals surface area contributed by atoms with E-state index in [-0.39, 0.29) is 10.8 Å². The van der Waals surface area contributed by atoms with Crippen molar-refractivity contribution in [1.29, 1.82) is 0 Å². The van der Waals surface area contributed by atoms with Crippen LogP contribution in [-0.4, -0.2) is 92.4 Å². The van der Waals surface area contributed by atoms with E-state index >= 15 is 0 Å². The third kappa shape index (κ3) is 6.67. The second-order valence-corrected chi connectivity index (χ2v) is 26.2. The van der Waals surface area contributed by atoms with E-state index in [0.29, 0.717) is 40.9 Å². The van der Waals surface area contributed by atoms with Gasteiger partial charge in [-0.15, -0.1) is 0 Å². The van der Waals surface area contributed by atoms with E-state index < -0.39 is 0 Å². The molecule has 0 spiro atoms. The van der Waals surface area contributed by atoms with Crippen molar-refractivity contribution in [3.8, 4) is 34.5 Å². The number of para-hydroxylation sites is 2. The first-order valence-electron chi connectivity index (χ1n) is 29.8. The third-order valence-corrected chi connectivity index (χ3v) is 23.3. The van der Waals surface area contributed by atoms with Gasteiger partial charge in [-0.1, -0.05) is 78.9 Å². The van der Waals surface area contributed by atoms with Gasteiger partial charge in [-0.3, -0.25) is 14.7 Å². The molecule has 12 unspecified atom stereocenters. The van der Waals surface area contributed by atoms with Crippen LogP contribution >= 0.6 is 0 Å². The minimum atomic E-state index is 0.156. The molecule has 8 bridgehead atoms. The molecule has 0 amide bonds. The second kappa shape index (κ2) is 17.3. The lowest BCUT2D eigenvalue weighted by molar-refractivity contribution is -0.106. The third-order valence-electron chi connectivity index (χ3n) is 23.3. The minimum Gasteiger partial charge on any atom is -0.493 e. The fourth-order valence-corrected chi connectivity index (χ4v) is 20.7. The van der Waals surface area contributed by atoms with Gasteiger partial charge in [0.05, 0.1) is 14.2 Å². The van der Waals surface area contributed by atoms with Gasteiger partial charge in [0, 0.05) is 72.3 Å². The van der Waals surface area contributed by atoms with Gasteiger partial charge < -0.3 is 24.3 Å². The van der Waals surface area contributed by atoms with Gasteiger partial charge in [-0.25, -0.2) is 0 Å². The van der Waals surface area contributed by atoms with Crippen molar-refractivity contribution in [2.24, 2.45) is 46.3 Å². The predicted octanol–water partition coefficient (Wildman–Crippen LogP) is 12.2. The van der Waals surface area contributed by atoms with Gasteiger partial charge in [0.1, 0.15) is 11.5 Å². The molecule has 390 valence electrons. The van der Waals surface area contributed by atoms with Crippen molar-refractivity contribution >= 4 is 0 Å². The lowest BCUT2D eigenvalue weighted by Crippen LogP contribution is -2.69. The SMILES string of the molecule is COc1ccc2c(c1Oc1ccccc1)C13CCN(CC4CC4)C(C2)C12CCC1C3C(CN1Cc1ccccc1)C2.COc1ccc2c(c1Oc1ccccc1)C13CCN(CC4CC4)C(C2)C12CCC1NCC(C2)C13. The van der Waals surface area contributed by atoms with Crippen molar-refractivity contribution in [1.82, 2.24) is 20.0 Å². The van der Waals surface area contributed by atoms with Crippen LogP contribution in [0.25, 0.3) is 0 Å². The first-order chi connectivity index (χ1) is 36.9. The van der Waals surface area contributed by atoms with Gasteiger partial charge in [-0.05, 0) is 209 Å². The Morgan fingerprint density at radius 1 is 0.533 bits per heavy atom. The van der Waals surface area contributed by atoms with Crippen molar-refractivity contribution in [2.75, 3.05) is 53.5 Å². The summed E-state index contributed by atoms with van der Waals surface area (Å²) in [6.45, 7) is 8.68. The highest BCUT2D eigenvalue weighted by Crippen LogP contribution is 2.78. The zero-order chi connectivity index (χ0) is 49.7. The standard InChI is InChI=1S/C37H42N2O2.C30H36N2O2/c1-40-31-15-14-27-20-32-36-17-16-30-33(28(21-36)24-39(30)23-25-8-4-2-5-9-25)37(36,18-19-38(32)22-26-12-13-26)34(27)35(31)41-29-10-6-3-7-11-29;1-33-24-10-9-20-15-25-29-12-11-23-26(21(16-29)17-31-23)30(29,13-14-32(25)18-19-7-8-19)27(20)28(24)34-22-5-3-2-4-6-22/h2-11,14-15,26,28,30,32-33H,12-13,16-24H2,1H3;2-6,9-10,19,21,23,25-26,31H,7-8,11-18H2,1H3. The molecule has 1 N–H and O–H groups in total. The minimum absolute atomic E-state index is 0.156. The molecule has 75 heavy (non-hydrogen) atoms. The van der Waals surface area contributed by atoms with Crippen molar-refractivity contribution in [3.05, 3.63) is 143 Å². The molecular weight excluding hydrogens is 925 g/mol. The number of nitrogens with zero attached hydrogens (tertiary/aromatic N) is 3. The number of nitrogens with one attached hydrogen (secondary N) is 1. The van der Waals surface area contributed by atoms with Gasteiger partial charge in [0.15, 0.2) is 23.0 Å². The summed E-state index contributed by atoms with van der Waals surface area (Å²) in [6.07, 6.45) is 18.8. The maximum absolute atomic E-state index is 6.92. The van der Waals surface area contributed by atoms with E-state index in [9.17, 15) is 0 Å². The summed E-state index contributed by atoms with van der Waals surface area (Å²) in [5.41, 5.74) is 8.67. The smallest absolute Gasteiger partial charge is 0.173 e. The van der Waals surface area contributed by atoms with Crippen LogP contribution in [0.4, 0.5) is 0 Å². The molecule has 8 heteroatoms. The highest BCUT2D eigenvalue weighted by Gasteiger charge is 2.78. The summed E-state index contributed by atoms with van der Waals surface area (Å²) in [4.78, 5) is 8.81. The number of ether oxygens (including phenoxy) is 4. The molecule has 0 aromatic heterocycles. The lowest BCUT2D eigenvalue weighted by atomic mass is 9.43. The quantitative estimate of drug-likeness (QED) is 0.133. The summed E-state index contributed by atoms with van der Waals surface area (Å²) in [7, 11) is 3.62. The zero-order valence-corrected chi connectivity index (χ0v) is 44.6. The van der Waals surface area contributed by atoms with Gasteiger partial charge in [0.25, 0.3) is 0 Å². The van der Waals surface area contributed by atoms with E-state index in [0.717, 1.165) is 77.1 Å². The number of rotatable bonds is 12. The largest absolute Gasteiger partial charge is 0.493 e. The molecule has 4 aliphatic heterocycles. The Kier molecular flexibility index (Phi) is 10.7. The number of benzene rings is 5. The van der Waals surface area contributed by atoms with Crippen LogP contribution in [0.3, 0.4) is 0 Å². The van der Waals surface area contributed by atoms with Crippen molar-refractivity contribution in [2.45, 2.75) is 131 Å². The Balaban J connectivity index is 0.000000129. The Labute approximate surface area is 445 Å². The average molecular weight is 1000 g/mol. The van der Waals surface area contributed by atoms with Crippen LogP contribution in [0.5, 0.6) is 34.5 Å². The molecular formula is C67H78N4O4. The fraction of sp³-hybridized carbons (Fsp3) is 0.552. The number of hydrogen-bond donors (Lipinski definition) is 1. The number of likely N-dealkylation sites (tertiary alicyclic amines) is 3. The predicted molar refractivity (Wildman–Crippen MR) is 294 cm³/mol. The Hall–Kier alpha value is -4.86. The van der Waals surface area contributed by atoms with Crippen LogP contribution < -0.4 is 24.3 Å². The first kappa shape index (κ1) is 46.3. The van der Waals surface area contributed by atoms with Crippen LogP contribution in [0.1, 0.15) is 105 Å². The molecule has 6 saturated carbocycles. The molecule has 8 nitrogen and oxygen atoms in total. The maximum atomic E-state index is 6.92. The first-order valence-corrected chi connectivity index (χ1v) is 29.8. The second-order valence-electron chi connectivity index (χ2n) is 26.2. The Bertz CT molecular complexity index is 2980. The molecule has 10 fully saturated rings. The number of fused-ring (bicyclic) bond motifs is 2. The number of methoxy groups -OCH3 is 2. The Morgan fingerprint density at radius 2 is 1.05 bits per heavy atom. The lowest BCUT2D eigenvalue weighted by Gasteiger charge is -2.66. The number of piperidine rings is 2. The summed E-state index contributed by atoms with van der Waals surface area (Å²) in [5, 5.41) is 3.97. The van der Waals surface area contributed by atoms with E-state index in [1.807, 2.05) is 7.11 Å². The van der Waals surface area contributed by atoms with Crippen LogP contribution in [0, 0.1) is 46.3 Å². The van der Waals surface area contributed by atoms with Crippen molar-refractivity contribution < 1.29 is 18.9 Å². The fourth-order valence-electron chi connectivity index (χ4n) is 20.7. The van der Waals surface area contributed by atoms with E-state index in [1.165, 1.54) is 151 Å². The number of hydrogen-bond acceptors (Lipinski definition) is 8. The van der Waals surface area contributed by atoms with Gasteiger partial charge >= 0.3 is 0 Å². The molecule has 5 aromatic carbocycles. The van der Waals surface area contributed by atoms with Crippen LogP contribution in [0.2, 0.25) is 0 Å². The summed E-state index contributed by atoms with van der Waals surface area (Å²) in [6, 6.07) is 43.8. The summed E-state index contributed by atoms with van der Waals surface area (Å²) < 4.78 is 25.8. The highest BCUT2D eigenvalue weighted by atomic mass is 16.5. The van der Waals surface area contributed by atoms with E-state index in [2.05, 4.69) is 135 Å². The van der Waals surface area contributed by atoms with Crippen LogP contribution in [-0.2, 0) is 30.2 Å². The monoisotopic (exact) mass is 1000 g/mol. The maximum Gasteiger partial charge on any atom is 0.173 e. The molecule has 12 aliphatic rings. The topological polar surface area (TPSA) is 58.7 Å². The normalized spacial score (nSPS) is 37.1. The molecule has 4 saturated heterocycles. The molecule has 5 aromatic rings. The molecule has 8 aliphatic carbocycles. The highest BCUT2D eigenvalue weighted by molar-refractivity contribution is 5.63. The summed E-state index contributed by atoms with van der Waals surface area (Å²) >= 11 is 0. The summed E-state index contributed by atoms with van der Waals surface area (Å²) in [5.74, 6) is 10.5. The molecule has 0 radical (unpaired) electrons. The van der Waals surface area contributed by atoms with E-state index in [1.54, 1.807) is 7.11 Å². The van der Waals surface area contributed by atoms with E-state index in [4.69, 9.17) is 18.9 Å². The van der Waals surface area contributed by atoms with Crippen LogP contribution in [0.15, 0.2) is 115 Å². The average Bonchev–Trinajstić information content (AvgIpc) is 4.28. The molecule has 12 atom stereocenters. The molecule has 17 rings (SSSR count). The Morgan fingerprint density at radius 3 is 1.60 bits per heavy atom.